The summed E-state index contributed by atoms with van der Waals surface area (Å²) >= 11 is 0. The summed E-state index contributed by atoms with van der Waals surface area (Å²) in [7, 11) is -3.96. The molecular formula is C26H33N3O4S. The van der Waals surface area contributed by atoms with E-state index in [0.29, 0.717) is 12.1 Å². The summed E-state index contributed by atoms with van der Waals surface area (Å²) in [6.07, 6.45) is 4.58. The summed E-state index contributed by atoms with van der Waals surface area (Å²) in [5.41, 5.74) is 1.15. The number of hydrogen-bond acceptors (Lipinski definition) is 4. The third-order valence-corrected chi connectivity index (χ3v) is 8.80. The van der Waals surface area contributed by atoms with Gasteiger partial charge in [-0.05, 0) is 56.9 Å². The van der Waals surface area contributed by atoms with Crippen molar-refractivity contribution in [3.63, 3.8) is 0 Å². The van der Waals surface area contributed by atoms with Crippen LogP contribution in [0.15, 0.2) is 53.4 Å². The van der Waals surface area contributed by atoms with Crippen LogP contribution < -0.4 is 10.2 Å². The molecule has 1 saturated carbocycles. The van der Waals surface area contributed by atoms with Gasteiger partial charge in [-0.25, -0.2) is 8.42 Å². The highest BCUT2D eigenvalue weighted by Crippen LogP contribution is 2.35. The highest BCUT2D eigenvalue weighted by molar-refractivity contribution is 7.89. The number of hydrogen-bond donors (Lipinski definition) is 1. The summed E-state index contributed by atoms with van der Waals surface area (Å²) in [6, 6.07) is 14.1. The number of amides is 2. The summed E-state index contributed by atoms with van der Waals surface area (Å²) in [4.78, 5) is 29.0. The van der Waals surface area contributed by atoms with Gasteiger partial charge in [0.05, 0.1) is 11.4 Å². The Morgan fingerprint density at radius 3 is 2.38 bits per heavy atom. The van der Waals surface area contributed by atoms with Gasteiger partial charge in [-0.3, -0.25) is 14.5 Å². The minimum atomic E-state index is -3.96. The Kier molecular flexibility index (Phi) is 6.82. The molecule has 4 rings (SSSR count). The van der Waals surface area contributed by atoms with E-state index in [1.807, 2.05) is 38.1 Å². The second-order valence-electron chi connectivity index (χ2n) is 9.53. The summed E-state index contributed by atoms with van der Waals surface area (Å²) in [5.74, 6) is -0.727. The van der Waals surface area contributed by atoms with Crippen LogP contribution in [0.2, 0.25) is 0 Å². The number of sulfonamides is 1. The Hall–Kier alpha value is -2.71. The fourth-order valence-corrected chi connectivity index (χ4v) is 6.49. The van der Waals surface area contributed by atoms with E-state index in [2.05, 4.69) is 5.32 Å². The van der Waals surface area contributed by atoms with Crippen molar-refractivity contribution in [2.24, 2.45) is 0 Å². The van der Waals surface area contributed by atoms with Crippen LogP contribution >= 0.6 is 0 Å². The van der Waals surface area contributed by atoms with E-state index < -0.39 is 21.5 Å². The average Bonchev–Trinajstić information content (AvgIpc) is 3.32. The number of carbonyl (C=O) groups excluding carboxylic acids is 2. The second-order valence-corrected chi connectivity index (χ2v) is 11.5. The molecule has 1 saturated heterocycles. The minimum absolute atomic E-state index is 0.0479. The number of nitrogens with one attached hydrogen (secondary N) is 1. The molecule has 2 aromatic rings. The van der Waals surface area contributed by atoms with E-state index in [1.54, 1.807) is 31.2 Å². The van der Waals surface area contributed by atoms with Gasteiger partial charge in [0, 0.05) is 18.3 Å². The van der Waals surface area contributed by atoms with Crippen LogP contribution in [0.25, 0.3) is 0 Å². The maximum atomic E-state index is 13.7. The largest absolute Gasteiger partial charge is 0.351 e. The van der Waals surface area contributed by atoms with Crippen molar-refractivity contribution in [3.05, 3.63) is 59.7 Å². The smallest absolute Gasteiger partial charge is 0.247 e. The molecule has 0 radical (unpaired) electrons. The topological polar surface area (TPSA) is 86.8 Å². The van der Waals surface area contributed by atoms with Crippen molar-refractivity contribution >= 4 is 27.5 Å². The third kappa shape index (κ3) is 4.49. The fourth-order valence-electron chi connectivity index (χ4n) is 5.01. The van der Waals surface area contributed by atoms with Crippen molar-refractivity contribution in [2.45, 2.75) is 69.4 Å². The first-order chi connectivity index (χ1) is 16.2. The summed E-state index contributed by atoms with van der Waals surface area (Å²) < 4.78 is 28.1. The minimum Gasteiger partial charge on any atom is -0.351 e. The van der Waals surface area contributed by atoms with Gasteiger partial charge in [0.15, 0.2) is 0 Å². The number of benzene rings is 2. The Labute approximate surface area is 202 Å². The van der Waals surface area contributed by atoms with Crippen molar-refractivity contribution in [1.29, 1.82) is 0 Å². The number of para-hydroxylation sites is 1. The number of rotatable bonds is 6. The molecule has 8 heteroatoms. The maximum absolute atomic E-state index is 13.7. The van der Waals surface area contributed by atoms with Crippen molar-refractivity contribution in [2.75, 3.05) is 18.0 Å². The molecule has 1 aliphatic heterocycles. The molecule has 182 valence electrons. The monoisotopic (exact) mass is 483 g/mol. The second kappa shape index (κ2) is 9.50. The van der Waals surface area contributed by atoms with E-state index in [-0.39, 0.29) is 29.9 Å². The first-order valence-corrected chi connectivity index (χ1v) is 13.4. The van der Waals surface area contributed by atoms with E-state index in [0.717, 1.165) is 41.1 Å². The third-order valence-electron chi connectivity index (χ3n) is 6.99. The first-order valence-electron chi connectivity index (χ1n) is 12.0. The van der Waals surface area contributed by atoms with Crippen LogP contribution in [0, 0.1) is 6.92 Å². The van der Waals surface area contributed by atoms with Gasteiger partial charge in [-0.2, -0.15) is 4.31 Å². The number of piperazine rings is 1. The lowest BCUT2D eigenvalue weighted by Gasteiger charge is -2.47. The van der Waals surface area contributed by atoms with Crippen molar-refractivity contribution in [1.82, 2.24) is 9.62 Å². The molecule has 0 spiro atoms. The predicted octanol–water partition coefficient (Wildman–Crippen LogP) is 3.41. The van der Waals surface area contributed by atoms with Crippen molar-refractivity contribution in [3.8, 4) is 0 Å². The van der Waals surface area contributed by atoms with Crippen LogP contribution in [-0.4, -0.2) is 49.2 Å². The fraction of sp³-hybridized carbons (Fsp3) is 0.462. The van der Waals surface area contributed by atoms with E-state index in [9.17, 15) is 18.0 Å². The van der Waals surface area contributed by atoms with Crippen LogP contribution in [0.5, 0.6) is 0 Å². The van der Waals surface area contributed by atoms with Crippen molar-refractivity contribution < 1.29 is 18.0 Å². The Morgan fingerprint density at radius 1 is 1.09 bits per heavy atom. The highest BCUT2D eigenvalue weighted by Gasteiger charge is 2.51. The zero-order valence-corrected chi connectivity index (χ0v) is 20.9. The zero-order valence-electron chi connectivity index (χ0n) is 20.1. The molecule has 2 aromatic carbocycles. The van der Waals surface area contributed by atoms with Gasteiger partial charge in [0.25, 0.3) is 0 Å². The van der Waals surface area contributed by atoms with Gasteiger partial charge in [0.2, 0.25) is 21.8 Å². The molecule has 1 N–H and O–H groups in total. The average molecular weight is 484 g/mol. The lowest BCUT2D eigenvalue weighted by Crippen LogP contribution is -2.70. The highest BCUT2D eigenvalue weighted by atomic mass is 32.2. The van der Waals surface area contributed by atoms with Crippen LogP contribution in [-0.2, 0) is 26.0 Å². The van der Waals surface area contributed by atoms with Gasteiger partial charge >= 0.3 is 0 Å². The van der Waals surface area contributed by atoms with Gasteiger partial charge in [0.1, 0.15) is 5.54 Å². The Balaban J connectivity index is 1.75. The van der Waals surface area contributed by atoms with Crippen LogP contribution in [0.3, 0.4) is 0 Å². The van der Waals surface area contributed by atoms with E-state index >= 15 is 0 Å². The molecule has 1 unspecified atom stereocenters. The Morgan fingerprint density at radius 2 is 1.74 bits per heavy atom. The lowest BCUT2D eigenvalue weighted by atomic mass is 9.92. The predicted molar refractivity (Wildman–Crippen MR) is 132 cm³/mol. The summed E-state index contributed by atoms with van der Waals surface area (Å²) in [5, 5.41) is 3.11. The normalized spacial score (nSPS) is 22.2. The van der Waals surface area contributed by atoms with Crippen LogP contribution in [0.1, 0.15) is 50.7 Å². The zero-order chi connectivity index (χ0) is 24.5. The maximum Gasteiger partial charge on any atom is 0.247 e. The molecule has 1 atom stereocenters. The molecule has 0 bridgehead atoms. The van der Waals surface area contributed by atoms with Gasteiger partial charge < -0.3 is 5.32 Å². The molecule has 0 aromatic heterocycles. The standard InChI is InChI=1S/C26H33N3O4S/c1-4-20-9-5-8-12-23(20)29-24(30)17-28(34(32,33)22-15-13-19(2)14-16-22)18-26(29,3)25(31)27-21-10-6-7-11-21/h5,8-9,12-16,21H,4,6-7,10-11,17-18H2,1-3H3,(H,27,31). The van der Waals surface area contributed by atoms with E-state index in [4.69, 9.17) is 0 Å². The number of anilines is 1. The molecule has 2 amide bonds. The van der Waals surface area contributed by atoms with E-state index in [1.165, 1.54) is 4.90 Å². The Bertz CT molecular complexity index is 1170. The first kappa shape index (κ1) is 24.4. The number of carbonyl (C=O) groups is 2. The van der Waals surface area contributed by atoms with Gasteiger partial charge in [-0.1, -0.05) is 55.7 Å². The number of aryl methyl sites for hydroxylation is 2. The molecule has 1 heterocycles. The molecule has 34 heavy (non-hydrogen) atoms. The molecule has 2 aliphatic rings. The molecule has 1 aliphatic carbocycles. The SMILES string of the molecule is CCc1ccccc1N1C(=O)CN(S(=O)(=O)c2ccc(C)cc2)CC1(C)C(=O)NC1CCCC1. The van der Waals surface area contributed by atoms with Gasteiger partial charge in [-0.15, -0.1) is 0 Å². The lowest BCUT2D eigenvalue weighted by molar-refractivity contribution is -0.133. The molecule has 2 fully saturated rings. The molecule has 7 nitrogen and oxygen atoms in total. The van der Waals surface area contributed by atoms with Crippen LogP contribution in [0.4, 0.5) is 5.69 Å². The summed E-state index contributed by atoms with van der Waals surface area (Å²) in [6.45, 7) is 5.12. The molecular weight excluding hydrogens is 450 g/mol. The number of nitrogens with zero attached hydrogens (tertiary/aromatic N) is 2. The quantitative estimate of drug-likeness (QED) is 0.682.